The van der Waals surface area contributed by atoms with Crippen LogP contribution < -0.4 is 5.32 Å². The number of nitrogens with one attached hydrogen (secondary N) is 1. The highest BCUT2D eigenvalue weighted by Gasteiger charge is 2.19. The molecule has 0 aromatic carbocycles. The minimum absolute atomic E-state index is 0.216. The third-order valence-electron chi connectivity index (χ3n) is 2.32. The summed E-state index contributed by atoms with van der Waals surface area (Å²) in [5.41, 5.74) is 0. The van der Waals surface area contributed by atoms with Crippen LogP contribution in [0.1, 0.15) is 26.2 Å². The molecule has 4 heteroatoms. The number of carboxylic acid groups (broad SMARTS) is 1. The smallest absolute Gasteiger partial charge is 0.320 e. The van der Waals surface area contributed by atoms with E-state index in [4.69, 9.17) is 9.84 Å². The first-order chi connectivity index (χ1) is 6.24. The molecule has 0 aromatic heterocycles. The molecule has 1 aliphatic rings. The molecule has 1 rings (SSSR count). The zero-order chi connectivity index (χ0) is 9.68. The largest absolute Gasteiger partial charge is 0.480 e. The first-order valence-corrected chi connectivity index (χ1v) is 4.81. The Kier molecular flexibility index (Phi) is 4.18. The molecule has 0 amide bonds. The van der Waals surface area contributed by atoms with Crippen molar-refractivity contribution in [3.63, 3.8) is 0 Å². The van der Waals surface area contributed by atoms with Crippen molar-refractivity contribution in [1.82, 2.24) is 5.32 Å². The first kappa shape index (κ1) is 10.5. The highest BCUT2D eigenvalue weighted by Crippen LogP contribution is 2.10. The molecule has 2 N–H and O–H groups in total. The Balaban J connectivity index is 2.18. The second-order valence-electron chi connectivity index (χ2n) is 3.34. The monoisotopic (exact) mass is 187 g/mol. The highest BCUT2D eigenvalue weighted by molar-refractivity contribution is 5.73. The van der Waals surface area contributed by atoms with E-state index < -0.39 is 12.0 Å². The SMILES string of the molecule is CC[C@H](NC[C@@H]1CCCO1)C(=O)O. The van der Waals surface area contributed by atoms with Crippen LogP contribution in [0, 0.1) is 0 Å². The molecule has 0 aliphatic carbocycles. The van der Waals surface area contributed by atoms with Crippen molar-refractivity contribution in [1.29, 1.82) is 0 Å². The summed E-state index contributed by atoms with van der Waals surface area (Å²) in [6.07, 6.45) is 2.97. The lowest BCUT2D eigenvalue weighted by Gasteiger charge is -2.15. The van der Waals surface area contributed by atoms with Gasteiger partial charge in [-0.3, -0.25) is 4.79 Å². The summed E-state index contributed by atoms with van der Waals surface area (Å²) < 4.78 is 5.37. The molecular weight excluding hydrogens is 170 g/mol. The van der Waals surface area contributed by atoms with Crippen LogP contribution in [-0.2, 0) is 9.53 Å². The zero-order valence-electron chi connectivity index (χ0n) is 7.95. The number of carboxylic acids is 1. The number of carbonyl (C=O) groups is 1. The molecule has 0 aromatic rings. The summed E-state index contributed by atoms with van der Waals surface area (Å²) >= 11 is 0. The van der Waals surface area contributed by atoms with Crippen LogP contribution in [-0.4, -0.2) is 36.4 Å². The van der Waals surface area contributed by atoms with Gasteiger partial charge in [0.2, 0.25) is 0 Å². The van der Waals surface area contributed by atoms with Gasteiger partial charge in [0.1, 0.15) is 6.04 Å². The quantitative estimate of drug-likeness (QED) is 0.662. The molecular formula is C9H17NO3. The van der Waals surface area contributed by atoms with E-state index in [1.54, 1.807) is 0 Å². The fourth-order valence-corrected chi connectivity index (χ4v) is 1.49. The Bertz CT molecular complexity index is 166. The average Bonchev–Trinajstić information content (AvgIpc) is 2.57. The molecule has 0 spiro atoms. The van der Waals surface area contributed by atoms with Gasteiger partial charge < -0.3 is 15.2 Å². The molecule has 0 radical (unpaired) electrons. The lowest BCUT2D eigenvalue weighted by molar-refractivity contribution is -0.139. The molecule has 4 nitrogen and oxygen atoms in total. The maximum atomic E-state index is 10.6. The maximum Gasteiger partial charge on any atom is 0.320 e. The summed E-state index contributed by atoms with van der Waals surface area (Å²) in [6.45, 7) is 3.34. The lowest BCUT2D eigenvalue weighted by atomic mass is 10.2. The fraction of sp³-hybridized carbons (Fsp3) is 0.889. The van der Waals surface area contributed by atoms with Gasteiger partial charge in [0, 0.05) is 13.2 Å². The Morgan fingerprint density at radius 2 is 2.54 bits per heavy atom. The van der Waals surface area contributed by atoms with Crippen molar-refractivity contribution >= 4 is 5.97 Å². The first-order valence-electron chi connectivity index (χ1n) is 4.81. The van der Waals surface area contributed by atoms with Crippen molar-refractivity contribution in [3.8, 4) is 0 Å². The van der Waals surface area contributed by atoms with Gasteiger partial charge in [0.15, 0.2) is 0 Å². The minimum Gasteiger partial charge on any atom is -0.480 e. The molecule has 1 saturated heterocycles. The predicted octanol–water partition coefficient (Wildman–Crippen LogP) is 0.618. The Morgan fingerprint density at radius 1 is 1.77 bits per heavy atom. The van der Waals surface area contributed by atoms with Crippen LogP contribution in [0.25, 0.3) is 0 Å². The number of ether oxygens (including phenoxy) is 1. The van der Waals surface area contributed by atoms with Crippen LogP contribution in [0.4, 0.5) is 0 Å². The van der Waals surface area contributed by atoms with Crippen molar-refractivity contribution in [2.75, 3.05) is 13.2 Å². The minimum atomic E-state index is -0.777. The maximum absolute atomic E-state index is 10.6. The third-order valence-corrected chi connectivity index (χ3v) is 2.32. The molecule has 0 saturated carbocycles. The molecule has 0 unspecified atom stereocenters. The molecule has 76 valence electrons. The Labute approximate surface area is 78.3 Å². The standard InChI is InChI=1S/C9H17NO3/c1-2-8(9(11)12)10-6-7-4-3-5-13-7/h7-8,10H,2-6H2,1H3,(H,11,12)/t7-,8-/m0/s1. The van der Waals surface area contributed by atoms with Gasteiger partial charge in [-0.25, -0.2) is 0 Å². The van der Waals surface area contributed by atoms with Crippen LogP contribution in [0.5, 0.6) is 0 Å². The predicted molar refractivity (Wildman–Crippen MR) is 48.7 cm³/mol. The van der Waals surface area contributed by atoms with Crippen LogP contribution >= 0.6 is 0 Å². The molecule has 1 aliphatic heterocycles. The van der Waals surface area contributed by atoms with Gasteiger partial charge in [-0.1, -0.05) is 6.92 Å². The topological polar surface area (TPSA) is 58.6 Å². The van der Waals surface area contributed by atoms with Crippen molar-refractivity contribution in [2.24, 2.45) is 0 Å². The van der Waals surface area contributed by atoms with Gasteiger partial charge in [-0.2, -0.15) is 0 Å². The number of aliphatic carboxylic acids is 1. The van der Waals surface area contributed by atoms with E-state index in [1.165, 1.54) is 0 Å². The second kappa shape index (κ2) is 5.19. The van der Waals surface area contributed by atoms with Gasteiger partial charge in [0.25, 0.3) is 0 Å². The number of rotatable bonds is 5. The third kappa shape index (κ3) is 3.32. The Hall–Kier alpha value is -0.610. The molecule has 1 heterocycles. The fourth-order valence-electron chi connectivity index (χ4n) is 1.49. The molecule has 13 heavy (non-hydrogen) atoms. The van der Waals surface area contributed by atoms with E-state index in [2.05, 4.69) is 5.32 Å². The normalized spacial score (nSPS) is 24.5. The van der Waals surface area contributed by atoms with E-state index >= 15 is 0 Å². The van der Waals surface area contributed by atoms with E-state index in [9.17, 15) is 4.79 Å². The van der Waals surface area contributed by atoms with E-state index in [0.717, 1.165) is 19.4 Å². The van der Waals surface area contributed by atoms with Gasteiger partial charge in [-0.15, -0.1) is 0 Å². The van der Waals surface area contributed by atoms with Crippen LogP contribution in [0.3, 0.4) is 0 Å². The van der Waals surface area contributed by atoms with Gasteiger partial charge in [-0.05, 0) is 19.3 Å². The number of hydrogen-bond donors (Lipinski definition) is 2. The lowest BCUT2D eigenvalue weighted by Crippen LogP contribution is -2.40. The summed E-state index contributed by atoms with van der Waals surface area (Å²) in [4.78, 5) is 10.6. The molecule has 2 atom stereocenters. The van der Waals surface area contributed by atoms with Crippen molar-refractivity contribution in [2.45, 2.75) is 38.3 Å². The van der Waals surface area contributed by atoms with Crippen molar-refractivity contribution in [3.05, 3.63) is 0 Å². The van der Waals surface area contributed by atoms with Gasteiger partial charge in [0.05, 0.1) is 6.10 Å². The summed E-state index contributed by atoms with van der Waals surface area (Å²) in [7, 11) is 0. The molecule has 0 bridgehead atoms. The zero-order valence-corrected chi connectivity index (χ0v) is 7.95. The average molecular weight is 187 g/mol. The molecule has 1 fully saturated rings. The van der Waals surface area contributed by atoms with E-state index in [1.807, 2.05) is 6.92 Å². The van der Waals surface area contributed by atoms with E-state index in [0.29, 0.717) is 13.0 Å². The highest BCUT2D eigenvalue weighted by atomic mass is 16.5. The van der Waals surface area contributed by atoms with E-state index in [-0.39, 0.29) is 6.10 Å². The summed E-state index contributed by atoms with van der Waals surface area (Å²) in [5.74, 6) is -0.777. The number of hydrogen-bond acceptors (Lipinski definition) is 3. The van der Waals surface area contributed by atoms with Gasteiger partial charge >= 0.3 is 5.97 Å². The summed E-state index contributed by atoms with van der Waals surface area (Å²) in [6, 6.07) is -0.427. The van der Waals surface area contributed by atoms with Crippen LogP contribution in [0.15, 0.2) is 0 Å². The Morgan fingerprint density at radius 3 is 3.00 bits per heavy atom. The summed E-state index contributed by atoms with van der Waals surface area (Å²) in [5, 5.41) is 11.7. The van der Waals surface area contributed by atoms with Crippen LogP contribution in [0.2, 0.25) is 0 Å². The second-order valence-corrected chi connectivity index (χ2v) is 3.34. The van der Waals surface area contributed by atoms with Crippen molar-refractivity contribution < 1.29 is 14.6 Å².